The maximum atomic E-state index is 12.3. The summed E-state index contributed by atoms with van der Waals surface area (Å²) in [6.45, 7) is 9.97. The number of hydrogen-bond donors (Lipinski definition) is 1. The highest BCUT2D eigenvalue weighted by Gasteiger charge is 2.22. The SMILES string of the molecule is CCOc1cc(C=CC(=O)NC(C)C(C)N2CCOCC2)ccc1OC. The summed E-state index contributed by atoms with van der Waals surface area (Å²) in [6.07, 6.45) is 3.34. The van der Waals surface area contributed by atoms with E-state index < -0.39 is 0 Å². The second-order valence-corrected chi connectivity index (χ2v) is 6.36. The first kappa shape index (κ1) is 20.3. The van der Waals surface area contributed by atoms with Crippen molar-refractivity contribution in [2.45, 2.75) is 32.9 Å². The minimum absolute atomic E-state index is 0.0557. The number of methoxy groups -OCH3 is 1. The van der Waals surface area contributed by atoms with Crippen molar-refractivity contribution in [1.82, 2.24) is 10.2 Å². The lowest BCUT2D eigenvalue weighted by Crippen LogP contribution is -2.51. The van der Waals surface area contributed by atoms with E-state index in [9.17, 15) is 4.79 Å². The van der Waals surface area contributed by atoms with Crippen molar-refractivity contribution in [3.63, 3.8) is 0 Å². The third kappa shape index (κ3) is 5.75. The maximum absolute atomic E-state index is 12.3. The van der Waals surface area contributed by atoms with Gasteiger partial charge in [-0.15, -0.1) is 0 Å². The standard InChI is InChI=1S/C20H30N2O4/c1-5-26-19-14-17(6-8-18(19)24-4)7-9-20(23)21-15(2)16(3)22-10-12-25-13-11-22/h6-9,14-16H,5,10-13H2,1-4H3,(H,21,23). The van der Waals surface area contributed by atoms with Crippen LogP contribution in [0.2, 0.25) is 0 Å². The van der Waals surface area contributed by atoms with Gasteiger partial charge in [0.1, 0.15) is 0 Å². The third-order valence-electron chi connectivity index (χ3n) is 4.63. The molecular formula is C20H30N2O4. The Morgan fingerprint density at radius 3 is 2.69 bits per heavy atom. The summed E-state index contributed by atoms with van der Waals surface area (Å²) < 4.78 is 16.2. The Balaban J connectivity index is 1.92. The number of amides is 1. The van der Waals surface area contributed by atoms with Gasteiger partial charge in [-0.2, -0.15) is 0 Å². The Hall–Kier alpha value is -2.05. The van der Waals surface area contributed by atoms with Gasteiger partial charge in [0.25, 0.3) is 0 Å². The van der Waals surface area contributed by atoms with Gasteiger partial charge in [-0.1, -0.05) is 6.07 Å². The molecule has 1 fully saturated rings. The maximum Gasteiger partial charge on any atom is 0.244 e. The molecule has 2 unspecified atom stereocenters. The fourth-order valence-corrected chi connectivity index (χ4v) is 2.93. The highest BCUT2D eigenvalue weighted by Crippen LogP contribution is 2.28. The molecule has 6 heteroatoms. The Morgan fingerprint density at radius 1 is 1.31 bits per heavy atom. The summed E-state index contributed by atoms with van der Waals surface area (Å²) in [7, 11) is 1.61. The lowest BCUT2D eigenvalue weighted by atomic mass is 10.1. The highest BCUT2D eigenvalue weighted by atomic mass is 16.5. The first-order valence-corrected chi connectivity index (χ1v) is 9.16. The number of carbonyl (C=O) groups is 1. The van der Waals surface area contributed by atoms with E-state index in [2.05, 4.69) is 17.1 Å². The van der Waals surface area contributed by atoms with Crippen LogP contribution in [0.1, 0.15) is 26.3 Å². The molecule has 1 saturated heterocycles. The topological polar surface area (TPSA) is 60.0 Å². The van der Waals surface area contributed by atoms with Gasteiger partial charge in [-0.3, -0.25) is 9.69 Å². The fraction of sp³-hybridized carbons (Fsp3) is 0.550. The number of benzene rings is 1. The molecule has 2 rings (SSSR count). The van der Waals surface area contributed by atoms with Crippen molar-refractivity contribution < 1.29 is 19.0 Å². The van der Waals surface area contributed by atoms with Gasteiger partial charge in [0.2, 0.25) is 5.91 Å². The molecule has 2 atom stereocenters. The number of rotatable bonds is 8. The molecule has 1 aromatic rings. The van der Waals surface area contributed by atoms with Crippen molar-refractivity contribution >= 4 is 12.0 Å². The van der Waals surface area contributed by atoms with Gasteiger partial charge in [-0.05, 0) is 44.5 Å². The van der Waals surface area contributed by atoms with Crippen molar-refractivity contribution in [2.75, 3.05) is 40.0 Å². The summed E-state index contributed by atoms with van der Waals surface area (Å²) >= 11 is 0. The molecule has 1 aliphatic rings. The number of nitrogens with one attached hydrogen (secondary N) is 1. The van der Waals surface area contributed by atoms with Gasteiger partial charge >= 0.3 is 0 Å². The predicted octanol–water partition coefficient (Wildman–Crippen LogP) is 2.33. The molecule has 1 heterocycles. The molecule has 144 valence electrons. The van der Waals surface area contributed by atoms with Crippen LogP contribution in [0.15, 0.2) is 24.3 Å². The molecular weight excluding hydrogens is 332 g/mol. The average molecular weight is 362 g/mol. The number of morpholine rings is 1. The van der Waals surface area contributed by atoms with E-state index in [1.807, 2.05) is 32.0 Å². The lowest BCUT2D eigenvalue weighted by Gasteiger charge is -2.35. The molecule has 0 aliphatic carbocycles. The molecule has 1 amide bonds. The van der Waals surface area contributed by atoms with Crippen LogP contribution < -0.4 is 14.8 Å². The fourth-order valence-electron chi connectivity index (χ4n) is 2.93. The minimum atomic E-state index is -0.105. The summed E-state index contributed by atoms with van der Waals surface area (Å²) in [5, 5.41) is 3.05. The zero-order valence-electron chi connectivity index (χ0n) is 16.2. The van der Waals surface area contributed by atoms with E-state index in [0.29, 0.717) is 18.1 Å². The second-order valence-electron chi connectivity index (χ2n) is 6.36. The van der Waals surface area contributed by atoms with Crippen LogP contribution in [0.25, 0.3) is 6.08 Å². The molecule has 26 heavy (non-hydrogen) atoms. The van der Waals surface area contributed by atoms with Gasteiger partial charge in [0.15, 0.2) is 11.5 Å². The lowest BCUT2D eigenvalue weighted by molar-refractivity contribution is -0.117. The molecule has 0 spiro atoms. The van der Waals surface area contributed by atoms with Gasteiger partial charge in [0, 0.05) is 31.2 Å². The van der Waals surface area contributed by atoms with E-state index in [4.69, 9.17) is 14.2 Å². The predicted molar refractivity (Wildman–Crippen MR) is 103 cm³/mol. The summed E-state index contributed by atoms with van der Waals surface area (Å²) in [5.74, 6) is 1.25. The minimum Gasteiger partial charge on any atom is -0.493 e. The van der Waals surface area contributed by atoms with E-state index in [-0.39, 0.29) is 18.0 Å². The smallest absolute Gasteiger partial charge is 0.244 e. The zero-order valence-corrected chi connectivity index (χ0v) is 16.2. The Kier molecular flexibility index (Phi) is 7.94. The summed E-state index contributed by atoms with van der Waals surface area (Å²) in [4.78, 5) is 14.6. The molecule has 0 aromatic heterocycles. The number of carbonyl (C=O) groups excluding carboxylic acids is 1. The summed E-state index contributed by atoms with van der Waals surface area (Å²) in [5.41, 5.74) is 0.887. The molecule has 6 nitrogen and oxygen atoms in total. The Bertz CT molecular complexity index is 612. The normalized spacial score (nSPS) is 17.7. The number of ether oxygens (including phenoxy) is 3. The molecule has 1 aliphatic heterocycles. The van der Waals surface area contributed by atoms with Crippen LogP contribution in [-0.2, 0) is 9.53 Å². The summed E-state index contributed by atoms with van der Waals surface area (Å²) in [6, 6.07) is 5.92. The first-order chi connectivity index (χ1) is 12.5. The molecule has 1 N–H and O–H groups in total. The van der Waals surface area contributed by atoms with Gasteiger partial charge in [0.05, 0.1) is 26.9 Å². The van der Waals surface area contributed by atoms with Crippen LogP contribution in [-0.4, -0.2) is 62.9 Å². The van der Waals surface area contributed by atoms with E-state index in [1.54, 1.807) is 19.3 Å². The molecule has 0 saturated carbocycles. The van der Waals surface area contributed by atoms with E-state index in [1.165, 1.54) is 0 Å². The third-order valence-corrected chi connectivity index (χ3v) is 4.63. The molecule has 0 radical (unpaired) electrons. The van der Waals surface area contributed by atoms with Crippen molar-refractivity contribution in [3.8, 4) is 11.5 Å². The van der Waals surface area contributed by atoms with Gasteiger partial charge < -0.3 is 19.5 Å². The molecule has 1 aromatic carbocycles. The Morgan fingerprint density at radius 2 is 2.04 bits per heavy atom. The van der Waals surface area contributed by atoms with Crippen LogP contribution >= 0.6 is 0 Å². The molecule has 0 bridgehead atoms. The highest BCUT2D eigenvalue weighted by molar-refractivity contribution is 5.92. The largest absolute Gasteiger partial charge is 0.493 e. The quantitative estimate of drug-likeness (QED) is 0.719. The van der Waals surface area contributed by atoms with Gasteiger partial charge in [-0.25, -0.2) is 0 Å². The monoisotopic (exact) mass is 362 g/mol. The van der Waals surface area contributed by atoms with E-state index in [0.717, 1.165) is 31.9 Å². The van der Waals surface area contributed by atoms with Crippen molar-refractivity contribution in [3.05, 3.63) is 29.8 Å². The second kappa shape index (κ2) is 10.2. The van der Waals surface area contributed by atoms with Crippen LogP contribution in [0.4, 0.5) is 0 Å². The van der Waals surface area contributed by atoms with Crippen molar-refractivity contribution in [1.29, 1.82) is 0 Å². The van der Waals surface area contributed by atoms with Crippen molar-refractivity contribution in [2.24, 2.45) is 0 Å². The number of hydrogen-bond acceptors (Lipinski definition) is 5. The van der Waals surface area contributed by atoms with Crippen LogP contribution in [0.5, 0.6) is 11.5 Å². The Labute approximate surface area is 156 Å². The van der Waals surface area contributed by atoms with Crippen LogP contribution in [0.3, 0.4) is 0 Å². The zero-order chi connectivity index (χ0) is 18.9. The first-order valence-electron chi connectivity index (χ1n) is 9.16. The van der Waals surface area contributed by atoms with Crippen LogP contribution in [0, 0.1) is 0 Å². The van der Waals surface area contributed by atoms with E-state index >= 15 is 0 Å². The average Bonchev–Trinajstić information content (AvgIpc) is 2.67. The number of nitrogens with zero attached hydrogens (tertiary/aromatic N) is 1.